The van der Waals surface area contributed by atoms with E-state index in [1.807, 2.05) is 24.3 Å². The van der Waals surface area contributed by atoms with Crippen LogP contribution in [0.3, 0.4) is 0 Å². The SMILES string of the molecule is O=c1[nH]c(Cc2cccc(Br)c2)nc2c1CCNC2. The summed E-state index contributed by atoms with van der Waals surface area (Å²) < 4.78 is 1.03. The van der Waals surface area contributed by atoms with Crippen LogP contribution in [0.1, 0.15) is 22.6 Å². The fraction of sp³-hybridized carbons (Fsp3) is 0.286. The zero-order valence-corrected chi connectivity index (χ0v) is 12.0. The Morgan fingerprint density at radius 3 is 3.11 bits per heavy atom. The lowest BCUT2D eigenvalue weighted by molar-refractivity contribution is 0.613. The van der Waals surface area contributed by atoms with Crippen molar-refractivity contribution in [3.8, 4) is 0 Å². The van der Waals surface area contributed by atoms with Gasteiger partial charge in [0.05, 0.1) is 5.69 Å². The van der Waals surface area contributed by atoms with Crippen LogP contribution in [0, 0.1) is 0 Å². The Labute approximate surface area is 119 Å². The summed E-state index contributed by atoms with van der Waals surface area (Å²) in [4.78, 5) is 19.5. The highest BCUT2D eigenvalue weighted by atomic mass is 79.9. The topological polar surface area (TPSA) is 57.8 Å². The van der Waals surface area contributed by atoms with Gasteiger partial charge < -0.3 is 10.3 Å². The van der Waals surface area contributed by atoms with Crippen LogP contribution in [-0.2, 0) is 19.4 Å². The van der Waals surface area contributed by atoms with Gasteiger partial charge in [-0.15, -0.1) is 0 Å². The molecule has 0 amide bonds. The second-order valence-corrected chi connectivity index (χ2v) is 5.59. The molecule has 0 radical (unpaired) electrons. The van der Waals surface area contributed by atoms with Crippen LogP contribution in [0.15, 0.2) is 33.5 Å². The van der Waals surface area contributed by atoms with Crippen LogP contribution in [-0.4, -0.2) is 16.5 Å². The van der Waals surface area contributed by atoms with Crippen molar-refractivity contribution in [3.05, 3.63) is 61.7 Å². The maximum absolute atomic E-state index is 12.0. The van der Waals surface area contributed by atoms with Gasteiger partial charge in [-0.3, -0.25) is 4.79 Å². The number of aromatic nitrogens is 2. The van der Waals surface area contributed by atoms with Gasteiger partial charge >= 0.3 is 0 Å². The monoisotopic (exact) mass is 319 g/mol. The predicted octanol–water partition coefficient (Wildman–Crippen LogP) is 1.77. The minimum Gasteiger partial charge on any atom is -0.311 e. The Kier molecular flexibility index (Phi) is 3.48. The molecular weight excluding hydrogens is 306 g/mol. The molecule has 2 aromatic rings. The number of halogens is 1. The van der Waals surface area contributed by atoms with Gasteiger partial charge in [-0.1, -0.05) is 28.1 Å². The van der Waals surface area contributed by atoms with E-state index >= 15 is 0 Å². The van der Waals surface area contributed by atoms with Crippen LogP contribution in [0.4, 0.5) is 0 Å². The second-order valence-electron chi connectivity index (χ2n) is 4.67. The largest absolute Gasteiger partial charge is 0.311 e. The van der Waals surface area contributed by atoms with Gasteiger partial charge in [0, 0.05) is 23.0 Å². The molecular formula is C14H14BrN3O. The Bertz CT molecular complexity index is 666. The summed E-state index contributed by atoms with van der Waals surface area (Å²) >= 11 is 3.45. The highest BCUT2D eigenvalue weighted by Gasteiger charge is 2.15. The van der Waals surface area contributed by atoms with Crippen LogP contribution >= 0.6 is 15.9 Å². The normalized spacial score (nSPS) is 14.2. The van der Waals surface area contributed by atoms with Crippen molar-refractivity contribution >= 4 is 15.9 Å². The van der Waals surface area contributed by atoms with Crippen molar-refractivity contribution in [2.24, 2.45) is 0 Å². The second kappa shape index (κ2) is 5.27. The van der Waals surface area contributed by atoms with E-state index in [4.69, 9.17) is 0 Å². The Morgan fingerprint density at radius 2 is 2.26 bits per heavy atom. The molecule has 98 valence electrons. The lowest BCUT2D eigenvalue weighted by Crippen LogP contribution is -2.31. The molecule has 0 bridgehead atoms. The molecule has 0 spiro atoms. The molecule has 1 aliphatic heterocycles. The van der Waals surface area contributed by atoms with E-state index < -0.39 is 0 Å². The van der Waals surface area contributed by atoms with Crippen molar-refractivity contribution in [2.75, 3.05) is 6.54 Å². The fourth-order valence-electron chi connectivity index (χ4n) is 2.34. The number of hydrogen-bond acceptors (Lipinski definition) is 3. The molecule has 2 N–H and O–H groups in total. The zero-order chi connectivity index (χ0) is 13.2. The number of fused-ring (bicyclic) bond motifs is 1. The smallest absolute Gasteiger partial charge is 0.254 e. The van der Waals surface area contributed by atoms with E-state index in [1.54, 1.807) is 0 Å². The van der Waals surface area contributed by atoms with E-state index in [0.29, 0.717) is 13.0 Å². The van der Waals surface area contributed by atoms with E-state index in [0.717, 1.165) is 40.1 Å². The summed E-state index contributed by atoms with van der Waals surface area (Å²) in [5.74, 6) is 0.727. The molecule has 0 saturated heterocycles. The highest BCUT2D eigenvalue weighted by molar-refractivity contribution is 9.10. The molecule has 19 heavy (non-hydrogen) atoms. The average Bonchev–Trinajstić information content (AvgIpc) is 2.39. The average molecular weight is 320 g/mol. The molecule has 0 unspecified atom stereocenters. The number of hydrogen-bond donors (Lipinski definition) is 2. The van der Waals surface area contributed by atoms with Crippen LogP contribution in [0.2, 0.25) is 0 Å². The standard InChI is InChI=1S/C14H14BrN3O/c15-10-3-1-2-9(6-10)7-13-17-12-8-16-5-4-11(12)14(19)18-13/h1-3,6,16H,4-5,7-8H2,(H,17,18,19). The van der Waals surface area contributed by atoms with Crippen LogP contribution < -0.4 is 10.9 Å². The number of nitrogens with zero attached hydrogens (tertiary/aromatic N) is 1. The lowest BCUT2D eigenvalue weighted by Gasteiger charge is -2.15. The third kappa shape index (κ3) is 2.77. The van der Waals surface area contributed by atoms with Gasteiger partial charge in [-0.05, 0) is 30.7 Å². The summed E-state index contributed by atoms with van der Waals surface area (Å²) in [6, 6.07) is 8.04. The summed E-state index contributed by atoms with van der Waals surface area (Å²) in [5, 5.41) is 3.25. The third-order valence-electron chi connectivity index (χ3n) is 3.25. The van der Waals surface area contributed by atoms with Crippen LogP contribution in [0.5, 0.6) is 0 Å². The van der Waals surface area contributed by atoms with Gasteiger partial charge in [0.15, 0.2) is 0 Å². The van der Waals surface area contributed by atoms with Gasteiger partial charge in [0.2, 0.25) is 0 Å². The Hall–Kier alpha value is -1.46. The number of H-pyrrole nitrogens is 1. The van der Waals surface area contributed by atoms with E-state index in [1.165, 1.54) is 0 Å². The first-order valence-electron chi connectivity index (χ1n) is 6.28. The van der Waals surface area contributed by atoms with Crippen molar-refractivity contribution in [1.82, 2.24) is 15.3 Å². The fourth-order valence-corrected chi connectivity index (χ4v) is 2.79. The molecule has 2 heterocycles. The molecule has 0 saturated carbocycles. The molecule has 5 heteroatoms. The number of benzene rings is 1. The van der Waals surface area contributed by atoms with Crippen molar-refractivity contribution in [1.29, 1.82) is 0 Å². The number of aromatic amines is 1. The number of nitrogens with one attached hydrogen (secondary N) is 2. The molecule has 0 fully saturated rings. The lowest BCUT2D eigenvalue weighted by atomic mass is 10.1. The summed E-state index contributed by atoms with van der Waals surface area (Å²) in [7, 11) is 0. The van der Waals surface area contributed by atoms with E-state index in [9.17, 15) is 4.79 Å². The summed E-state index contributed by atoms with van der Waals surface area (Å²) in [6.45, 7) is 1.54. The predicted molar refractivity (Wildman–Crippen MR) is 77.2 cm³/mol. The summed E-state index contributed by atoms with van der Waals surface area (Å²) in [6.07, 6.45) is 1.40. The Balaban J connectivity index is 1.94. The van der Waals surface area contributed by atoms with E-state index in [-0.39, 0.29) is 5.56 Å². The number of rotatable bonds is 2. The molecule has 1 aromatic heterocycles. The van der Waals surface area contributed by atoms with Gasteiger partial charge in [0.25, 0.3) is 5.56 Å². The van der Waals surface area contributed by atoms with Crippen molar-refractivity contribution in [3.63, 3.8) is 0 Å². The molecule has 0 atom stereocenters. The summed E-state index contributed by atoms with van der Waals surface area (Å²) in [5.41, 5.74) is 2.86. The maximum atomic E-state index is 12.0. The molecule has 1 aliphatic rings. The first kappa shape index (κ1) is 12.6. The molecule has 1 aromatic carbocycles. The minimum atomic E-state index is 0.0106. The van der Waals surface area contributed by atoms with E-state index in [2.05, 4.69) is 31.2 Å². The van der Waals surface area contributed by atoms with Crippen molar-refractivity contribution in [2.45, 2.75) is 19.4 Å². The van der Waals surface area contributed by atoms with Crippen LogP contribution in [0.25, 0.3) is 0 Å². The molecule has 3 rings (SSSR count). The quantitative estimate of drug-likeness (QED) is 0.887. The van der Waals surface area contributed by atoms with Gasteiger partial charge in [-0.2, -0.15) is 0 Å². The zero-order valence-electron chi connectivity index (χ0n) is 10.4. The molecule has 0 aliphatic carbocycles. The third-order valence-corrected chi connectivity index (χ3v) is 3.75. The van der Waals surface area contributed by atoms with Gasteiger partial charge in [-0.25, -0.2) is 4.98 Å². The van der Waals surface area contributed by atoms with Gasteiger partial charge in [0.1, 0.15) is 5.82 Å². The first-order valence-corrected chi connectivity index (χ1v) is 7.08. The highest BCUT2D eigenvalue weighted by Crippen LogP contribution is 2.14. The van der Waals surface area contributed by atoms with Crippen molar-refractivity contribution < 1.29 is 0 Å². The maximum Gasteiger partial charge on any atom is 0.254 e. The Morgan fingerprint density at radius 1 is 1.37 bits per heavy atom. The first-order chi connectivity index (χ1) is 9.22. The minimum absolute atomic E-state index is 0.0106. The molecule has 4 nitrogen and oxygen atoms in total.